The molecule has 0 bridgehead atoms. The van der Waals surface area contributed by atoms with E-state index >= 15 is 0 Å². The standard InChI is InChI=1S/C30H31N5O4.C2HF3O2/c1-33(20-9-4-3-5-10-20)21-11-8-12-22(18-21)35-27(36)23-13-6-7-14-24(23)30(35,39)19-15-16-25-26(17-19)32-28(31-25)34(2)29(37)38;3-2(4,5)1(6)7/h6-8,11-18,20,39H,3-5,9-10H2,1-2H3,(H,31,32)(H,37,38);(H,6,7). The minimum Gasteiger partial charge on any atom is -0.475 e. The molecular formula is C32H32F3N5O6. The van der Waals surface area contributed by atoms with Crippen LogP contribution in [0.1, 0.15) is 53.6 Å². The number of carbonyl (C=O) groups excluding carboxylic acids is 1. The lowest BCUT2D eigenvalue weighted by atomic mass is 9.93. The molecule has 11 nitrogen and oxygen atoms in total. The summed E-state index contributed by atoms with van der Waals surface area (Å²) in [7, 11) is 3.50. The summed E-state index contributed by atoms with van der Waals surface area (Å²) in [5.74, 6) is -2.88. The molecule has 1 aliphatic heterocycles. The van der Waals surface area contributed by atoms with Gasteiger partial charge in [0.1, 0.15) is 0 Å². The largest absolute Gasteiger partial charge is 0.490 e. The van der Waals surface area contributed by atoms with Crippen LogP contribution in [-0.2, 0) is 10.5 Å². The van der Waals surface area contributed by atoms with E-state index in [1.807, 2.05) is 24.3 Å². The quantitative estimate of drug-likeness (QED) is 0.210. The zero-order chi connectivity index (χ0) is 33.4. The first-order valence-corrected chi connectivity index (χ1v) is 14.5. The van der Waals surface area contributed by atoms with E-state index in [-0.39, 0.29) is 11.9 Å². The van der Waals surface area contributed by atoms with Gasteiger partial charge in [0.05, 0.1) is 11.0 Å². The van der Waals surface area contributed by atoms with Crippen LogP contribution in [0.4, 0.5) is 35.3 Å². The van der Waals surface area contributed by atoms with Crippen molar-refractivity contribution >= 4 is 46.3 Å². The van der Waals surface area contributed by atoms with Crippen LogP contribution < -0.4 is 14.7 Å². The zero-order valence-corrected chi connectivity index (χ0v) is 25.0. The Hall–Kier alpha value is -5.11. The fourth-order valence-electron chi connectivity index (χ4n) is 5.94. The molecule has 1 unspecified atom stereocenters. The molecule has 2 heterocycles. The van der Waals surface area contributed by atoms with Crippen molar-refractivity contribution in [2.45, 2.75) is 50.0 Å². The second kappa shape index (κ2) is 12.4. The maximum atomic E-state index is 13.9. The number of aliphatic hydroxyl groups is 1. The summed E-state index contributed by atoms with van der Waals surface area (Å²) >= 11 is 0. The van der Waals surface area contributed by atoms with Crippen molar-refractivity contribution in [2.75, 3.05) is 28.8 Å². The van der Waals surface area contributed by atoms with E-state index in [1.165, 1.54) is 31.2 Å². The predicted molar refractivity (Wildman–Crippen MR) is 164 cm³/mol. The first-order valence-electron chi connectivity index (χ1n) is 14.5. The number of amides is 2. The van der Waals surface area contributed by atoms with E-state index in [9.17, 15) is 33.0 Å². The lowest BCUT2D eigenvalue weighted by Crippen LogP contribution is -2.45. The minimum atomic E-state index is -5.08. The number of carboxylic acid groups (broad SMARTS) is 2. The van der Waals surface area contributed by atoms with E-state index < -0.39 is 24.0 Å². The van der Waals surface area contributed by atoms with Crippen LogP contribution in [0.3, 0.4) is 0 Å². The Morgan fingerprint density at radius 1 is 0.978 bits per heavy atom. The number of halogens is 3. The number of rotatable bonds is 5. The number of carbonyl (C=O) groups is 3. The summed E-state index contributed by atoms with van der Waals surface area (Å²) in [5, 5.41) is 29.0. The summed E-state index contributed by atoms with van der Waals surface area (Å²) in [5.41, 5.74) is 2.26. The third-order valence-electron chi connectivity index (χ3n) is 8.40. The lowest BCUT2D eigenvalue weighted by Gasteiger charge is -2.36. The van der Waals surface area contributed by atoms with Gasteiger partial charge in [0.25, 0.3) is 5.91 Å². The maximum absolute atomic E-state index is 13.9. The van der Waals surface area contributed by atoms with Crippen molar-refractivity contribution in [2.24, 2.45) is 0 Å². The maximum Gasteiger partial charge on any atom is 0.490 e. The van der Waals surface area contributed by atoms with E-state index in [4.69, 9.17) is 9.90 Å². The fraction of sp³-hybridized carbons (Fsp3) is 0.312. The molecule has 14 heteroatoms. The number of aromatic nitrogens is 2. The van der Waals surface area contributed by atoms with Gasteiger partial charge in [0, 0.05) is 48.2 Å². The molecule has 1 saturated carbocycles. The molecule has 2 amide bonds. The fourth-order valence-corrected chi connectivity index (χ4v) is 5.94. The first kappa shape index (κ1) is 32.3. The molecule has 0 spiro atoms. The smallest absolute Gasteiger partial charge is 0.475 e. The van der Waals surface area contributed by atoms with Crippen molar-refractivity contribution in [3.63, 3.8) is 0 Å². The van der Waals surface area contributed by atoms with Crippen LogP contribution in [0.15, 0.2) is 66.7 Å². The second-order valence-corrected chi connectivity index (χ2v) is 11.2. The number of H-pyrrole nitrogens is 1. The topological polar surface area (TPSA) is 150 Å². The van der Waals surface area contributed by atoms with Crippen LogP contribution in [0.25, 0.3) is 11.0 Å². The van der Waals surface area contributed by atoms with E-state index in [2.05, 4.69) is 21.9 Å². The van der Waals surface area contributed by atoms with E-state index in [0.29, 0.717) is 39.5 Å². The highest BCUT2D eigenvalue weighted by molar-refractivity contribution is 6.12. The van der Waals surface area contributed by atoms with Crippen molar-refractivity contribution in [3.05, 3.63) is 83.4 Å². The Morgan fingerprint density at radius 2 is 1.65 bits per heavy atom. The molecule has 1 fully saturated rings. The average molecular weight is 640 g/mol. The molecule has 1 atom stereocenters. The highest BCUT2D eigenvalue weighted by atomic mass is 19.4. The number of nitrogens with zero attached hydrogens (tertiary/aromatic N) is 4. The molecular weight excluding hydrogens is 607 g/mol. The molecule has 3 aromatic carbocycles. The number of alkyl halides is 3. The lowest BCUT2D eigenvalue weighted by molar-refractivity contribution is -0.192. The number of fused-ring (bicyclic) bond motifs is 2. The molecule has 0 saturated heterocycles. The average Bonchev–Trinajstić information content (AvgIpc) is 3.57. The Bertz CT molecular complexity index is 1790. The molecule has 1 aliphatic carbocycles. The number of benzene rings is 3. The molecule has 46 heavy (non-hydrogen) atoms. The van der Waals surface area contributed by atoms with Gasteiger partial charge in [-0.1, -0.05) is 49.6 Å². The molecule has 6 rings (SSSR count). The minimum absolute atomic E-state index is 0.167. The molecule has 0 radical (unpaired) electrons. The van der Waals surface area contributed by atoms with Gasteiger partial charge in [-0.05, 0) is 49.2 Å². The summed E-state index contributed by atoms with van der Waals surface area (Å²) in [6.45, 7) is 0. The van der Waals surface area contributed by atoms with Crippen LogP contribution >= 0.6 is 0 Å². The number of nitrogens with one attached hydrogen (secondary N) is 1. The third kappa shape index (κ3) is 5.95. The Morgan fingerprint density at radius 3 is 2.30 bits per heavy atom. The van der Waals surface area contributed by atoms with E-state index in [1.54, 1.807) is 42.5 Å². The van der Waals surface area contributed by atoms with Crippen LogP contribution in [0.5, 0.6) is 0 Å². The van der Waals surface area contributed by atoms with Gasteiger partial charge >= 0.3 is 18.2 Å². The van der Waals surface area contributed by atoms with Crippen molar-refractivity contribution in [1.29, 1.82) is 0 Å². The van der Waals surface area contributed by atoms with Crippen molar-refractivity contribution in [3.8, 4) is 0 Å². The number of hydrogen-bond donors (Lipinski definition) is 4. The highest BCUT2D eigenvalue weighted by Gasteiger charge is 2.51. The number of carboxylic acids is 1. The van der Waals surface area contributed by atoms with Crippen LogP contribution in [0, 0.1) is 0 Å². The Balaban J connectivity index is 0.000000537. The van der Waals surface area contributed by atoms with Crippen molar-refractivity contribution in [1.82, 2.24) is 9.97 Å². The van der Waals surface area contributed by atoms with Gasteiger partial charge in [-0.2, -0.15) is 13.2 Å². The molecule has 242 valence electrons. The molecule has 4 aromatic rings. The first-order chi connectivity index (χ1) is 21.7. The summed E-state index contributed by atoms with van der Waals surface area (Å²) < 4.78 is 31.7. The summed E-state index contributed by atoms with van der Waals surface area (Å²) in [6, 6.07) is 20.5. The summed E-state index contributed by atoms with van der Waals surface area (Å²) in [4.78, 5) is 46.3. The Labute approximate surface area is 261 Å². The van der Waals surface area contributed by atoms with Gasteiger partial charge in [0.15, 0.2) is 5.72 Å². The predicted octanol–water partition coefficient (Wildman–Crippen LogP) is 5.93. The monoisotopic (exact) mass is 639 g/mol. The van der Waals surface area contributed by atoms with Crippen LogP contribution in [-0.4, -0.2) is 69.6 Å². The van der Waals surface area contributed by atoms with Crippen molar-refractivity contribution < 1.29 is 42.9 Å². The van der Waals surface area contributed by atoms with Gasteiger partial charge in [-0.25, -0.2) is 14.6 Å². The molecule has 4 N–H and O–H groups in total. The Kier molecular flexibility index (Phi) is 8.67. The van der Waals surface area contributed by atoms with E-state index in [0.717, 1.165) is 23.4 Å². The normalized spacial score (nSPS) is 18.1. The molecule has 1 aromatic heterocycles. The number of aromatic amines is 1. The van der Waals surface area contributed by atoms with Gasteiger partial charge < -0.3 is 25.2 Å². The number of aliphatic carboxylic acids is 1. The number of hydrogen-bond acceptors (Lipinski definition) is 6. The molecule has 2 aliphatic rings. The zero-order valence-electron chi connectivity index (χ0n) is 25.0. The van der Waals surface area contributed by atoms with Gasteiger partial charge in [0.2, 0.25) is 5.95 Å². The van der Waals surface area contributed by atoms with Gasteiger partial charge in [-0.3, -0.25) is 14.6 Å². The second-order valence-electron chi connectivity index (χ2n) is 11.2. The number of anilines is 3. The van der Waals surface area contributed by atoms with Crippen LogP contribution in [0.2, 0.25) is 0 Å². The van der Waals surface area contributed by atoms with Gasteiger partial charge in [-0.15, -0.1) is 0 Å². The summed E-state index contributed by atoms with van der Waals surface area (Å²) in [6.07, 6.45) is -0.246. The highest BCUT2D eigenvalue weighted by Crippen LogP contribution is 2.46. The SMILES string of the molecule is CN(C(=O)O)c1nc2cc(C3(O)c4ccccc4C(=O)N3c3cccc(N(C)C4CCCCC4)c3)ccc2[nH]1.O=C(O)C(F)(F)F. The third-order valence-corrected chi connectivity index (χ3v) is 8.40. The number of imidazole rings is 1.